The molecule has 0 bridgehead atoms. The van der Waals surface area contributed by atoms with Gasteiger partial charge in [-0.15, -0.1) is 11.8 Å². The van der Waals surface area contributed by atoms with Gasteiger partial charge in [0.15, 0.2) is 5.78 Å². The third-order valence-electron chi connectivity index (χ3n) is 4.97. The van der Waals surface area contributed by atoms with Crippen LogP contribution < -0.4 is 4.74 Å². The Bertz CT molecular complexity index is 873. The first-order valence-electron chi connectivity index (χ1n) is 11.6. The molecule has 3 unspecified atom stereocenters. The first-order chi connectivity index (χ1) is 16.6. The molecule has 1 aromatic rings. The van der Waals surface area contributed by atoms with E-state index in [0.29, 0.717) is 60.9 Å². The summed E-state index contributed by atoms with van der Waals surface area (Å²) in [6.45, 7) is 5.88. The number of aromatic hydroxyl groups is 1. The van der Waals surface area contributed by atoms with E-state index in [2.05, 4.69) is 0 Å². The van der Waals surface area contributed by atoms with Crippen LogP contribution in [-0.2, 0) is 31.5 Å². The van der Waals surface area contributed by atoms with Gasteiger partial charge in [0.2, 0.25) is 0 Å². The van der Waals surface area contributed by atoms with Crippen molar-refractivity contribution in [3.8, 4) is 11.5 Å². The zero-order valence-corrected chi connectivity index (χ0v) is 22.1. The molecule has 0 aromatic heterocycles. The predicted molar refractivity (Wildman–Crippen MR) is 136 cm³/mol. The van der Waals surface area contributed by atoms with E-state index >= 15 is 0 Å². The minimum atomic E-state index is -1.01. The maximum atomic E-state index is 12.3. The van der Waals surface area contributed by atoms with E-state index in [1.54, 1.807) is 30.8 Å². The summed E-state index contributed by atoms with van der Waals surface area (Å²) in [5.74, 6) is -0.207. The van der Waals surface area contributed by atoms with Crippen molar-refractivity contribution in [2.45, 2.75) is 70.0 Å². The minimum absolute atomic E-state index is 0.0128. The molecule has 1 aliphatic heterocycles. The van der Waals surface area contributed by atoms with Gasteiger partial charge in [0.1, 0.15) is 16.9 Å². The Labute approximate surface area is 213 Å². The van der Waals surface area contributed by atoms with Crippen molar-refractivity contribution in [3.63, 3.8) is 0 Å². The smallest absolute Gasteiger partial charge is 0.303 e. The third kappa shape index (κ3) is 11.9. The summed E-state index contributed by atoms with van der Waals surface area (Å²) in [6, 6.07) is 3.28. The summed E-state index contributed by atoms with van der Waals surface area (Å²) < 4.78 is 23.7. The molecule has 3 atom stereocenters. The van der Waals surface area contributed by atoms with Crippen molar-refractivity contribution < 1.29 is 43.4 Å². The monoisotopic (exact) mass is 532 g/mol. The number of aliphatic carboxylic acids is 2. The number of thioether (sulfide) groups is 1. The number of ketones is 1. The van der Waals surface area contributed by atoms with Gasteiger partial charge in [-0.25, -0.2) is 0 Å². The highest BCUT2D eigenvalue weighted by Crippen LogP contribution is 2.33. The second-order valence-corrected chi connectivity index (χ2v) is 11.0. The molecule has 1 aromatic carbocycles. The molecule has 11 heteroatoms. The van der Waals surface area contributed by atoms with Gasteiger partial charge in [-0.05, 0) is 38.3 Å². The predicted octanol–water partition coefficient (Wildman–Crippen LogP) is 3.87. The maximum Gasteiger partial charge on any atom is 0.303 e. The van der Waals surface area contributed by atoms with Crippen LogP contribution in [0.4, 0.5) is 0 Å². The van der Waals surface area contributed by atoms with Gasteiger partial charge < -0.3 is 24.8 Å². The number of carbonyl (C=O) groups is 3. The van der Waals surface area contributed by atoms with E-state index in [9.17, 15) is 23.7 Å². The normalized spacial score (nSPS) is 17.8. The Morgan fingerprint density at radius 3 is 2.46 bits per heavy atom. The summed E-state index contributed by atoms with van der Waals surface area (Å²) in [7, 11) is -1.01. The minimum Gasteiger partial charge on any atom is -0.507 e. The second-order valence-electron chi connectivity index (χ2n) is 7.96. The van der Waals surface area contributed by atoms with E-state index in [4.69, 9.17) is 19.7 Å². The number of hydrogen-bond acceptors (Lipinski definition) is 8. The van der Waals surface area contributed by atoms with Crippen LogP contribution in [0, 0.1) is 0 Å². The third-order valence-corrected chi connectivity index (χ3v) is 8.07. The second kappa shape index (κ2) is 16.5. The molecule has 0 saturated carbocycles. The lowest BCUT2D eigenvalue weighted by molar-refractivity contribution is -0.138. The zero-order valence-electron chi connectivity index (χ0n) is 20.5. The van der Waals surface area contributed by atoms with Gasteiger partial charge in [0.05, 0.1) is 18.8 Å². The Kier molecular flexibility index (Phi) is 14.6. The average molecular weight is 533 g/mol. The highest BCUT2D eigenvalue weighted by atomic mass is 32.2. The Balaban J connectivity index is 0.00000111. The number of hydrogen-bond donors (Lipinski definition) is 3. The number of rotatable bonds is 14. The van der Waals surface area contributed by atoms with E-state index in [1.165, 1.54) is 6.92 Å². The number of carboxylic acid groups (broad SMARTS) is 2. The highest BCUT2D eigenvalue weighted by molar-refractivity contribution is 8.01. The van der Waals surface area contributed by atoms with Crippen LogP contribution in [0.5, 0.6) is 11.5 Å². The van der Waals surface area contributed by atoms with Gasteiger partial charge in [-0.2, -0.15) is 0 Å². The summed E-state index contributed by atoms with van der Waals surface area (Å²) in [6.07, 6.45) is 2.79. The molecule has 0 spiro atoms. The lowest BCUT2D eigenvalue weighted by Crippen LogP contribution is -2.17. The molecule has 1 heterocycles. The molecule has 0 amide bonds. The Morgan fingerprint density at radius 2 is 1.89 bits per heavy atom. The quantitative estimate of drug-likeness (QED) is 0.238. The molecule has 198 valence electrons. The van der Waals surface area contributed by atoms with Crippen LogP contribution >= 0.6 is 11.8 Å². The fourth-order valence-electron chi connectivity index (χ4n) is 3.21. The molecular formula is C24H36O9S2. The molecule has 2 rings (SSSR count). The Hall–Kier alpha value is -2.11. The van der Waals surface area contributed by atoms with Gasteiger partial charge in [-0.3, -0.25) is 18.6 Å². The zero-order chi connectivity index (χ0) is 26.4. The molecule has 0 aliphatic carbocycles. The van der Waals surface area contributed by atoms with Crippen molar-refractivity contribution >= 4 is 40.3 Å². The lowest BCUT2D eigenvalue weighted by Gasteiger charge is -2.15. The molecule has 1 aliphatic rings. The average Bonchev–Trinajstić information content (AvgIpc) is 3.24. The van der Waals surface area contributed by atoms with Gasteiger partial charge >= 0.3 is 11.9 Å². The maximum absolute atomic E-state index is 12.3. The van der Waals surface area contributed by atoms with E-state index in [0.717, 1.165) is 6.42 Å². The lowest BCUT2D eigenvalue weighted by atomic mass is 10.0. The highest BCUT2D eigenvalue weighted by Gasteiger charge is 2.27. The molecule has 1 saturated heterocycles. The van der Waals surface area contributed by atoms with E-state index in [-0.39, 0.29) is 35.1 Å². The molecule has 1 fully saturated rings. The SMILES string of the molecule is CCC(=O)O.CCCc1c(OCCCS(=O)CC2COC(CCC(=O)O)S2)ccc(C(C)=O)c1O. The van der Waals surface area contributed by atoms with Crippen molar-refractivity contribution in [1.29, 1.82) is 0 Å². The molecule has 35 heavy (non-hydrogen) atoms. The summed E-state index contributed by atoms with van der Waals surface area (Å²) >= 11 is 1.56. The van der Waals surface area contributed by atoms with E-state index in [1.807, 2.05) is 6.92 Å². The van der Waals surface area contributed by atoms with Crippen molar-refractivity contribution in [2.24, 2.45) is 0 Å². The number of carbonyl (C=O) groups excluding carboxylic acids is 1. The van der Waals surface area contributed by atoms with Crippen LogP contribution in [0.2, 0.25) is 0 Å². The Morgan fingerprint density at radius 1 is 1.20 bits per heavy atom. The van der Waals surface area contributed by atoms with Crippen LogP contribution in [0.25, 0.3) is 0 Å². The molecule has 0 radical (unpaired) electrons. The van der Waals surface area contributed by atoms with Gasteiger partial charge in [0.25, 0.3) is 0 Å². The topological polar surface area (TPSA) is 147 Å². The van der Waals surface area contributed by atoms with Crippen LogP contribution in [0.1, 0.15) is 68.8 Å². The molecular weight excluding hydrogens is 496 g/mol. The fraction of sp³-hybridized carbons (Fsp3) is 0.625. The summed E-state index contributed by atoms with van der Waals surface area (Å²) in [5.41, 5.74) is 0.803. The number of Topliss-reactive ketones (excluding diaryl/α,β-unsaturated/α-hetero) is 1. The standard InChI is InChI=1S/C21H30O7S2.C3H6O2/c1-3-5-17-18(7-6-16(14(2)22)21(17)25)27-10-4-11-30(26)13-15-12-28-20(29-15)9-8-19(23)24;1-2-3(4)5/h6-7,15,20,25H,3-5,8-13H2,1-2H3,(H,23,24);2H2,1H3,(H,4,5). The van der Waals surface area contributed by atoms with Crippen LogP contribution in [0.15, 0.2) is 12.1 Å². The summed E-state index contributed by atoms with van der Waals surface area (Å²) in [4.78, 5) is 31.6. The number of ether oxygens (including phenoxy) is 2. The van der Waals surface area contributed by atoms with Gasteiger partial charge in [0, 0.05) is 46.0 Å². The first-order valence-corrected chi connectivity index (χ1v) is 14.1. The van der Waals surface area contributed by atoms with Crippen molar-refractivity contribution in [2.75, 3.05) is 24.7 Å². The van der Waals surface area contributed by atoms with E-state index < -0.39 is 22.7 Å². The largest absolute Gasteiger partial charge is 0.507 e. The number of benzene rings is 1. The van der Waals surface area contributed by atoms with Gasteiger partial charge in [-0.1, -0.05) is 20.3 Å². The van der Waals surface area contributed by atoms with Crippen LogP contribution in [0.3, 0.4) is 0 Å². The fourth-order valence-corrected chi connectivity index (χ4v) is 6.09. The van der Waals surface area contributed by atoms with Crippen molar-refractivity contribution in [3.05, 3.63) is 23.3 Å². The molecule has 3 N–H and O–H groups in total. The number of phenols is 1. The number of carboxylic acids is 2. The molecule has 9 nitrogen and oxygen atoms in total. The number of phenolic OH excluding ortho intramolecular Hbond substituents is 1. The summed E-state index contributed by atoms with van der Waals surface area (Å²) in [5, 5.41) is 26.9. The van der Waals surface area contributed by atoms with Crippen LogP contribution in [-0.4, -0.2) is 72.7 Å². The van der Waals surface area contributed by atoms with Crippen molar-refractivity contribution in [1.82, 2.24) is 0 Å². The first kappa shape index (κ1) is 30.9.